The number of azide groups is 2. The molecule has 568 valence electrons. The molecule has 0 aromatic heterocycles. The summed E-state index contributed by atoms with van der Waals surface area (Å²) in [5.41, 5.74) is 35.0. The van der Waals surface area contributed by atoms with Gasteiger partial charge < -0.3 is 97.1 Å². The zero-order chi connectivity index (χ0) is 75.9. The predicted molar refractivity (Wildman–Crippen MR) is 370 cm³/mol. The fraction of sp³-hybridized carbons (Fsp3) is 0.440. The highest BCUT2D eigenvalue weighted by molar-refractivity contribution is 5.80. The van der Waals surface area contributed by atoms with Crippen molar-refractivity contribution < 1.29 is 114 Å². The van der Waals surface area contributed by atoms with Gasteiger partial charge in [-0.15, -0.1) is 0 Å². The lowest BCUT2D eigenvalue weighted by atomic mass is 9.93. The molecule has 2 amide bonds. The maximum Gasteiger partial charge on any atom is 0.305 e. The van der Waals surface area contributed by atoms with Crippen LogP contribution in [0.4, 0.5) is 0 Å². The van der Waals surface area contributed by atoms with Crippen molar-refractivity contribution in [2.45, 2.75) is 196 Å². The highest BCUT2D eigenvalue weighted by Gasteiger charge is 2.58. The Morgan fingerprint density at radius 1 is 0.421 bits per heavy atom. The van der Waals surface area contributed by atoms with E-state index in [0.717, 1.165) is 61.1 Å². The fourth-order valence-electron chi connectivity index (χ4n) is 12.8. The maximum atomic E-state index is 13.0. The third kappa shape index (κ3) is 21.7. The van der Waals surface area contributed by atoms with Crippen molar-refractivity contribution in [2.75, 3.05) is 13.2 Å². The summed E-state index contributed by atoms with van der Waals surface area (Å²) in [5.74, 6) is -4.96. The molecule has 0 saturated carbocycles. The Balaban J connectivity index is 0.000000190. The van der Waals surface area contributed by atoms with E-state index < -0.39 is 159 Å². The Morgan fingerprint density at radius 3 is 1.16 bits per heavy atom. The molecule has 10 unspecified atom stereocenters. The Hall–Kier alpha value is -9.80. The number of fused-ring (bicyclic) bond motifs is 2. The normalized spacial score (nSPS) is 30.6. The van der Waals surface area contributed by atoms with Crippen LogP contribution in [0.15, 0.2) is 192 Å². The zero-order valence-corrected chi connectivity index (χ0v) is 58.9. The number of hydrogen-bond donors (Lipinski definition) is 3. The predicted octanol–water partition coefficient (Wildman–Crippen LogP) is 7.56. The molecule has 0 spiro atoms. The number of nitrogens with zero attached hydrogens (tertiary/aromatic N) is 6. The Labute approximate surface area is 615 Å². The molecule has 22 atom stereocenters. The zero-order valence-electron chi connectivity index (χ0n) is 58.9. The summed E-state index contributed by atoms with van der Waals surface area (Å²) in [5, 5.41) is 18.4. The molecule has 5 N–H and O–H groups in total. The summed E-state index contributed by atoms with van der Waals surface area (Å²) < 4.78 is 100. The summed E-state index contributed by atoms with van der Waals surface area (Å²) in [7, 11) is 0. The van der Waals surface area contributed by atoms with E-state index in [1.807, 2.05) is 140 Å². The van der Waals surface area contributed by atoms with Crippen molar-refractivity contribution in [3.63, 3.8) is 0 Å². The van der Waals surface area contributed by atoms with E-state index >= 15 is 0 Å². The number of carbonyl (C=O) groups is 6. The number of carbonyl (C=O) groups excluding carboxylic acids is 6. The maximum absolute atomic E-state index is 13.0. The van der Waals surface area contributed by atoms with Gasteiger partial charge in [-0.05, 0) is 40.2 Å². The van der Waals surface area contributed by atoms with Crippen molar-refractivity contribution in [1.29, 1.82) is 0 Å². The molecule has 6 aliphatic rings. The van der Waals surface area contributed by atoms with Crippen LogP contribution < -0.4 is 11.5 Å². The van der Waals surface area contributed by atoms with Gasteiger partial charge in [0.2, 0.25) is 24.4 Å². The number of ether oxygens (including phenoxy) is 17. The SMILES string of the molecule is CC(=O)OC1[C@H](OC(C)=O)OC(C(N)=O)[C@@H](O)[C@H]1OCc1ccccc1.CC(=O)OC1[C@H](OC(C)=O)OC(C(N)=O)[C@@H](O[C@H]2OC3COC(c4ccccc4)O[C@H]3[C@@H](OCc3ccccc3)C2N=[N+]=[N-])[C@H]1OCc1ccccc1.C[C@H]1OC2COC(c3ccccc3)O[C@H]2[C@@H](OCc2ccccc2)C1N=[N+]=[N-]. The molecule has 12 rings (SSSR count). The van der Waals surface area contributed by atoms with Gasteiger partial charge in [0.25, 0.3) is 0 Å². The van der Waals surface area contributed by atoms with Gasteiger partial charge in [-0.25, -0.2) is 0 Å². The molecular formula is C75H84N8O24. The second-order valence-electron chi connectivity index (χ2n) is 25.3. The highest BCUT2D eigenvalue weighted by Crippen LogP contribution is 2.41. The summed E-state index contributed by atoms with van der Waals surface area (Å²) in [6.07, 6.45) is -21.1. The van der Waals surface area contributed by atoms with Crippen LogP contribution in [0.3, 0.4) is 0 Å². The average molecular weight is 1480 g/mol. The van der Waals surface area contributed by atoms with Gasteiger partial charge >= 0.3 is 23.9 Å². The molecule has 6 aromatic rings. The number of primary amides is 2. The summed E-state index contributed by atoms with van der Waals surface area (Å²) >= 11 is 0. The first-order chi connectivity index (χ1) is 51.8. The standard InChI is InChI=1S/C37H40N4O12.C21H23N3O4.C17H21NO8/c1-21(42)48-33-30(46-19-24-14-8-4-9-15-24)31(32(34(38)44)53-37(33)49-22(2)43)52-36-27(40-41-39)29(45-18-23-12-6-3-7-13-23)28-26(50-36)20-47-35(51-28)25-16-10-5-11-17-25;1-14-18(23-24-22)20(25-12-15-8-4-2-5-9-15)19-17(27-14)13-26-21(28-19)16-10-6-3-7-11-16;1-9(19)24-15-13(23-8-11-6-4-3-5-7-11)12(21)14(16(18)22)26-17(15)25-10(2)20/h3-17,26-33,35-37H,18-20H2,1-2H3,(H2,38,44);2-11,14,17-21H,12-13H2,1H3;3-7,12-15,17,21H,8H2,1-2H3,(H2,18,22)/t26?,27?,28-,29+,30-,31+,32?,33?,35?,36-,37-;14-,17?,18?,19-,20+,21?;12-,13+,14?,15?,17+/m110/s1. The molecule has 0 aliphatic carbocycles. The lowest BCUT2D eigenvalue weighted by Crippen LogP contribution is -2.67. The van der Waals surface area contributed by atoms with E-state index in [1.54, 1.807) is 48.5 Å². The van der Waals surface area contributed by atoms with Crippen LogP contribution in [-0.2, 0) is 136 Å². The molecule has 0 bridgehead atoms. The Kier molecular flexibility index (Phi) is 29.2. The minimum atomic E-state index is -1.63. The number of hydrogen-bond acceptors (Lipinski definition) is 26. The third-order valence-electron chi connectivity index (χ3n) is 17.6. The Morgan fingerprint density at radius 2 is 0.766 bits per heavy atom. The van der Waals surface area contributed by atoms with Crippen molar-refractivity contribution in [3.8, 4) is 0 Å². The molecule has 0 radical (unpaired) electrons. The monoisotopic (exact) mass is 1480 g/mol. The van der Waals surface area contributed by atoms with Crippen LogP contribution in [0.5, 0.6) is 0 Å². The average Bonchev–Trinajstić information content (AvgIpc) is 0.751. The van der Waals surface area contributed by atoms with E-state index in [0.29, 0.717) is 13.2 Å². The first-order valence-electron chi connectivity index (χ1n) is 34.3. The number of nitrogens with two attached hydrogens (primary N) is 2. The fourth-order valence-corrected chi connectivity index (χ4v) is 12.8. The molecule has 32 heteroatoms. The van der Waals surface area contributed by atoms with E-state index in [1.165, 1.54) is 0 Å². The van der Waals surface area contributed by atoms with Crippen molar-refractivity contribution in [3.05, 3.63) is 236 Å². The lowest BCUT2D eigenvalue weighted by molar-refractivity contribution is -0.370. The number of rotatable bonds is 24. The quantitative estimate of drug-likeness (QED) is 0.0173. The van der Waals surface area contributed by atoms with Gasteiger partial charge in [0.15, 0.2) is 43.3 Å². The molecule has 32 nitrogen and oxygen atoms in total. The van der Waals surface area contributed by atoms with Crippen LogP contribution in [0.25, 0.3) is 20.9 Å². The van der Waals surface area contributed by atoms with Crippen LogP contribution in [0, 0.1) is 0 Å². The first-order valence-corrected chi connectivity index (χ1v) is 34.3. The summed E-state index contributed by atoms with van der Waals surface area (Å²) in [4.78, 5) is 78.0. The molecule has 6 saturated heterocycles. The molecular weight excluding hydrogens is 1400 g/mol. The first kappa shape index (κ1) is 79.8. The molecule has 6 fully saturated rings. The second kappa shape index (κ2) is 39.2. The third-order valence-corrected chi connectivity index (χ3v) is 17.6. The lowest BCUT2D eigenvalue weighted by Gasteiger charge is -2.50. The van der Waals surface area contributed by atoms with Crippen LogP contribution in [-0.4, -0.2) is 177 Å². The Bertz CT molecular complexity index is 3950. The van der Waals surface area contributed by atoms with Crippen molar-refractivity contribution in [2.24, 2.45) is 21.7 Å². The van der Waals surface area contributed by atoms with E-state index in [2.05, 4.69) is 20.1 Å². The van der Waals surface area contributed by atoms with Crippen LogP contribution in [0.1, 0.15) is 80.6 Å². The van der Waals surface area contributed by atoms with Gasteiger partial charge in [0.05, 0.1) is 57.9 Å². The molecule has 6 aromatic carbocycles. The number of amides is 2. The highest BCUT2D eigenvalue weighted by atomic mass is 16.8. The second-order valence-corrected chi connectivity index (χ2v) is 25.3. The van der Waals surface area contributed by atoms with Crippen LogP contribution >= 0.6 is 0 Å². The van der Waals surface area contributed by atoms with Crippen LogP contribution in [0.2, 0.25) is 0 Å². The van der Waals surface area contributed by atoms with Gasteiger partial charge in [0, 0.05) is 48.6 Å². The molecule has 107 heavy (non-hydrogen) atoms. The van der Waals surface area contributed by atoms with E-state index in [4.69, 9.17) is 97.5 Å². The van der Waals surface area contributed by atoms with Crippen molar-refractivity contribution in [1.82, 2.24) is 0 Å². The number of aliphatic hydroxyl groups excluding tert-OH is 1. The molecule has 6 aliphatic heterocycles. The smallest absolute Gasteiger partial charge is 0.305 e. The van der Waals surface area contributed by atoms with Crippen molar-refractivity contribution >= 4 is 35.7 Å². The number of esters is 4. The largest absolute Gasteiger partial charge is 0.453 e. The minimum Gasteiger partial charge on any atom is -0.453 e. The van der Waals surface area contributed by atoms with Gasteiger partial charge in [-0.1, -0.05) is 192 Å². The minimum absolute atomic E-state index is 0.0250. The van der Waals surface area contributed by atoms with Gasteiger partial charge in [0.1, 0.15) is 61.0 Å². The summed E-state index contributed by atoms with van der Waals surface area (Å²) in [6.45, 7) is 7.36. The number of benzene rings is 6. The summed E-state index contributed by atoms with van der Waals surface area (Å²) in [6, 6.07) is 54.7. The molecule has 6 heterocycles. The van der Waals surface area contributed by atoms with E-state index in [-0.39, 0.29) is 38.6 Å². The topological polar surface area (TPSA) is 429 Å². The van der Waals surface area contributed by atoms with Gasteiger partial charge in [-0.3, -0.25) is 28.8 Å². The van der Waals surface area contributed by atoms with E-state index in [9.17, 15) is 39.4 Å². The number of aliphatic hydroxyl groups is 1. The van der Waals surface area contributed by atoms with Gasteiger partial charge in [-0.2, -0.15) is 0 Å².